The molecule has 1 amide bonds. The molecule has 1 heterocycles. The SMILES string of the molecule is CNN1C(=O)CSC1=S. The first kappa shape index (κ1) is 6.98. The van der Waals surface area contributed by atoms with Crippen molar-refractivity contribution in [1.29, 1.82) is 0 Å². The lowest BCUT2D eigenvalue weighted by Gasteiger charge is -2.10. The molecule has 0 aromatic carbocycles. The minimum Gasteiger partial charge on any atom is -0.272 e. The molecule has 3 nitrogen and oxygen atoms in total. The second-order valence-electron chi connectivity index (χ2n) is 1.51. The molecule has 1 N–H and O–H groups in total. The molecule has 0 radical (unpaired) electrons. The van der Waals surface area contributed by atoms with Gasteiger partial charge < -0.3 is 0 Å². The zero-order chi connectivity index (χ0) is 6.85. The van der Waals surface area contributed by atoms with Gasteiger partial charge in [0.05, 0.1) is 5.75 Å². The Bertz CT molecular complexity index is 143. The number of hydrogen-bond donors (Lipinski definition) is 1. The molecule has 0 atom stereocenters. The van der Waals surface area contributed by atoms with E-state index in [0.29, 0.717) is 10.1 Å². The van der Waals surface area contributed by atoms with Crippen molar-refractivity contribution < 1.29 is 4.79 Å². The lowest BCUT2D eigenvalue weighted by molar-refractivity contribution is -0.125. The van der Waals surface area contributed by atoms with Gasteiger partial charge in [-0.2, -0.15) is 0 Å². The molecule has 0 unspecified atom stereocenters. The van der Waals surface area contributed by atoms with Crippen LogP contribution in [0.5, 0.6) is 0 Å². The predicted octanol–water partition coefficient (Wildman–Crippen LogP) is -0.0189. The Morgan fingerprint density at radius 1 is 1.89 bits per heavy atom. The van der Waals surface area contributed by atoms with E-state index in [1.54, 1.807) is 7.05 Å². The minimum absolute atomic E-state index is 0.0347. The lowest BCUT2D eigenvalue weighted by atomic mass is 10.7. The quantitative estimate of drug-likeness (QED) is 0.549. The van der Waals surface area contributed by atoms with E-state index >= 15 is 0 Å². The minimum atomic E-state index is 0.0347. The van der Waals surface area contributed by atoms with Gasteiger partial charge in [0.15, 0.2) is 4.32 Å². The number of amides is 1. The van der Waals surface area contributed by atoms with Crippen LogP contribution in [0.4, 0.5) is 0 Å². The predicted molar refractivity (Wildman–Crippen MR) is 41.0 cm³/mol. The van der Waals surface area contributed by atoms with Crippen LogP contribution in [0.25, 0.3) is 0 Å². The van der Waals surface area contributed by atoms with Crippen LogP contribution in [0.15, 0.2) is 0 Å². The van der Waals surface area contributed by atoms with Gasteiger partial charge in [0.2, 0.25) is 0 Å². The number of thiocarbonyl (C=S) groups is 1. The Kier molecular flexibility index (Phi) is 2.05. The summed E-state index contributed by atoms with van der Waals surface area (Å²) < 4.78 is 0.613. The van der Waals surface area contributed by atoms with Gasteiger partial charge in [0.25, 0.3) is 5.91 Å². The molecule has 1 saturated heterocycles. The van der Waals surface area contributed by atoms with Crippen molar-refractivity contribution in [3.8, 4) is 0 Å². The summed E-state index contributed by atoms with van der Waals surface area (Å²) >= 11 is 6.21. The van der Waals surface area contributed by atoms with Crippen LogP contribution in [-0.4, -0.2) is 28.0 Å². The van der Waals surface area contributed by atoms with E-state index in [1.165, 1.54) is 16.8 Å². The summed E-state index contributed by atoms with van der Waals surface area (Å²) in [6.07, 6.45) is 0. The third-order valence-corrected chi connectivity index (χ3v) is 2.33. The first-order valence-corrected chi connectivity index (χ1v) is 3.82. The topological polar surface area (TPSA) is 32.3 Å². The fourth-order valence-corrected chi connectivity index (χ4v) is 1.64. The summed E-state index contributed by atoms with van der Waals surface area (Å²) in [6.45, 7) is 0. The molecule has 0 aromatic heterocycles. The smallest absolute Gasteiger partial charge is 0.253 e. The summed E-state index contributed by atoms with van der Waals surface area (Å²) in [5.74, 6) is 0.507. The molecule has 1 aliphatic heterocycles. The second-order valence-corrected chi connectivity index (χ2v) is 3.12. The summed E-state index contributed by atoms with van der Waals surface area (Å²) in [6, 6.07) is 0. The highest BCUT2D eigenvalue weighted by molar-refractivity contribution is 8.23. The van der Waals surface area contributed by atoms with Crippen molar-refractivity contribution >= 4 is 34.2 Å². The maximum Gasteiger partial charge on any atom is 0.253 e. The average molecular weight is 162 g/mol. The van der Waals surface area contributed by atoms with Crippen molar-refractivity contribution in [2.45, 2.75) is 0 Å². The number of carbonyl (C=O) groups excluding carboxylic acids is 1. The number of hydrogen-bond acceptors (Lipinski definition) is 4. The second kappa shape index (κ2) is 2.64. The molecule has 9 heavy (non-hydrogen) atoms. The highest BCUT2D eigenvalue weighted by atomic mass is 32.2. The Hall–Kier alpha value is -0.130. The monoisotopic (exact) mass is 162 g/mol. The summed E-state index contributed by atoms with van der Waals surface area (Å²) in [7, 11) is 1.68. The van der Waals surface area contributed by atoms with Crippen LogP contribution in [0, 0.1) is 0 Å². The highest BCUT2D eigenvalue weighted by Crippen LogP contribution is 2.15. The Morgan fingerprint density at radius 3 is 2.78 bits per heavy atom. The molecule has 50 valence electrons. The van der Waals surface area contributed by atoms with Crippen LogP contribution in [0.2, 0.25) is 0 Å². The first-order valence-electron chi connectivity index (χ1n) is 2.43. The molecule has 1 aliphatic rings. The average Bonchev–Trinajstić information content (AvgIpc) is 2.12. The van der Waals surface area contributed by atoms with Gasteiger partial charge in [-0.1, -0.05) is 24.0 Å². The Balaban J connectivity index is 2.66. The fraction of sp³-hybridized carbons (Fsp3) is 0.500. The van der Waals surface area contributed by atoms with Gasteiger partial charge in [-0.15, -0.1) is 0 Å². The molecule has 5 heteroatoms. The number of nitrogens with one attached hydrogen (secondary N) is 1. The van der Waals surface area contributed by atoms with Gasteiger partial charge in [-0.05, 0) is 0 Å². The van der Waals surface area contributed by atoms with Gasteiger partial charge >= 0.3 is 0 Å². The number of carbonyl (C=O) groups is 1. The molecular formula is C4H6N2OS2. The zero-order valence-electron chi connectivity index (χ0n) is 4.88. The summed E-state index contributed by atoms with van der Waals surface area (Å²) in [4.78, 5) is 10.8. The van der Waals surface area contributed by atoms with Crippen LogP contribution >= 0.6 is 24.0 Å². The number of hydrazine groups is 1. The molecule has 0 aliphatic carbocycles. The number of thioether (sulfide) groups is 1. The van der Waals surface area contributed by atoms with Crippen molar-refractivity contribution in [2.24, 2.45) is 0 Å². The fourth-order valence-electron chi connectivity index (χ4n) is 0.570. The van der Waals surface area contributed by atoms with E-state index in [9.17, 15) is 4.79 Å². The van der Waals surface area contributed by atoms with E-state index < -0.39 is 0 Å². The number of rotatable bonds is 1. The Labute approximate surface area is 62.8 Å². The van der Waals surface area contributed by atoms with E-state index in [4.69, 9.17) is 12.2 Å². The van der Waals surface area contributed by atoms with E-state index in [2.05, 4.69) is 5.43 Å². The van der Waals surface area contributed by atoms with E-state index in [-0.39, 0.29) is 5.91 Å². The van der Waals surface area contributed by atoms with Crippen molar-refractivity contribution in [2.75, 3.05) is 12.8 Å². The normalized spacial score (nSPS) is 19.4. The Morgan fingerprint density at radius 2 is 2.56 bits per heavy atom. The van der Waals surface area contributed by atoms with Gasteiger partial charge in [0, 0.05) is 7.05 Å². The molecule has 0 aromatic rings. The molecule has 1 rings (SSSR count). The van der Waals surface area contributed by atoms with Gasteiger partial charge in [-0.25, -0.2) is 10.4 Å². The van der Waals surface area contributed by atoms with E-state index in [0.717, 1.165) is 0 Å². The van der Waals surface area contributed by atoms with Crippen LogP contribution in [0.1, 0.15) is 0 Å². The molecule has 0 saturated carbocycles. The van der Waals surface area contributed by atoms with Crippen LogP contribution in [0.3, 0.4) is 0 Å². The van der Waals surface area contributed by atoms with Crippen molar-refractivity contribution in [3.05, 3.63) is 0 Å². The van der Waals surface area contributed by atoms with Crippen LogP contribution in [-0.2, 0) is 4.79 Å². The molecule has 0 spiro atoms. The summed E-state index contributed by atoms with van der Waals surface area (Å²) in [5.41, 5.74) is 2.69. The van der Waals surface area contributed by atoms with Gasteiger partial charge in [-0.3, -0.25) is 4.79 Å². The third kappa shape index (κ3) is 1.23. The highest BCUT2D eigenvalue weighted by Gasteiger charge is 2.24. The van der Waals surface area contributed by atoms with Crippen LogP contribution < -0.4 is 5.43 Å². The lowest BCUT2D eigenvalue weighted by Crippen LogP contribution is -2.38. The third-order valence-electron chi connectivity index (χ3n) is 0.975. The molecule has 1 fully saturated rings. The van der Waals surface area contributed by atoms with E-state index in [1.807, 2.05) is 0 Å². The van der Waals surface area contributed by atoms with Gasteiger partial charge in [0.1, 0.15) is 0 Å². The maximum atomic E-state index is 10.8. The molecule has 0 bridgehead atoms. The molecular weight excluding hydrogens is 156 g/mol. The zero-order valence-corrected chi connectivity index (χ0v) is 6.51. The number of nitrogens with zero attached hydrogens (tertiary/aromatic N) is 1. The maximum absolute atomic E-state index is 10.8. The largest absolute Gasteiger partial charge is 0.272 e. The standard InChI is InChI=1S/C4H6N2OS2/c1-5-6-3(7)2-9-4(6)8/h5H,2H2,1H3. The van der Waals surface area contributed by atoms with Crippen molar-refractivity contribution in [3.63, 3.8) is 0 Å². The van der Waals surface area contributed by atoms with Crippen molar-refractivity contribution in [1.82, 2.24) is 10.4 Å². The summed E-state index contributed by atoms with van der Waals surface area (Å²) in [5, 5.41) is 1.38. The first-order chi connectivity index (χ1) is 4.25.